The second kappa shape index (κ2) is 3.73. The number of allylic oxidation sites excluding steroid dienone is 2. The van der Waals surface area contributed by atoms with E-state index >= 15 is 0 Å². The van der Waals surface area contributed by atoms with Crippen molar-refractivity contribution in [3.8, 4) is 5.75 Å². The first kappa shape index (κ1) is 10.6. The highest BCUT2D eigenvalue weighted by Crippen LogP contribution is 2.52. The number of methoxy groups -OCH3 is 1. The number of carbonyl (C=O) groups is 1. The molecular weight excluding hydrogens is 212 g/mol. The summed E-state index contributed by atoms with van der Waals surface area (Å²) in [5, 5.41) is 0. The van der Waals surface area contributed by atoms with Gasteiger partial charge >= 0.3 is 0 Å². The highest BCUT2D eigenvalue weighted by Gasteiger charge is 2.49. The third kappa shape index (κ3) is 1.43. The van der Waals surface area contributed by atoms with Crippen LogP contribution < -0.4 is 4.74 Å². The quantitative estimate of drug-likeness (QED) is 0.587. The lowest BCUT2D eigenvalue weighted by atomic mass is 9.72. The van der Waals surface area contributed by atoms with Gasteiger partial charge in [-0.1, -0.05) is 24.3 Å². The number of ether oxygens (including phenoxy) is 1. The molecule has 0 N–H and O–H groups in total. The summed E-state index contributed by atoms with van der Waals surface area (Å²) in [6, 6.07) is 7.94. The van der Waals surface area contributed by atoms with Crippen molar-refractivity contribution < 1.29 is 9.53 Å². The molecule has 2 heteroatoms. The minimum absolute atomic E-state index is 0.286. The Morgan fingerprint density at radius 1 is 1.29 bits per heavy atom. The van der Waals surface area contributed by atoms with Crippen LogP contribution in [0.2, 0.25) is 0 Å². The van der Waals surface area contributed by atoms with Crippen LogP contribution in [-0.4, -0.2) is 13.4 Å². The molecule has 0 saturated heterocycles. The number of aldehydes is 1. The Morgan fingerprint density at radius 2 is 2.06 bits per heavy atom. The Hall–Kier alpha value is -1.57. The van der Waals surface area contributed by atoms with Gasteiger partial charge in [0.1, 0.15) is 12.0 Å². The summed E-state index contributed by atoms with van der Waals surface area (Å²) in [5.74, 6) is 1.82. The van der Waals surface area contributed by atoms with Gasteiger partial charge in [-0.2, -0.15) is 0 Å². The molecule has 1 aromatic carbocycles. The standard InChI is InChI=1S/C15H16O2/c1-17-14-6-4-12(5-7-14)15(10-16)9-11-2-3-13(15)8-11/h2-7,10-11,13H,8-9H2,1H3/t11-,13+,15+/m0/s1. The zero-order valence-electron chi connectivity index (χ0n) is 9.93. The van der Waals surface area contributed by atoms with E-state index < -0.39 is 0 Å². The molecule has 3 atom stereocenters. The summed E-state index contributed by atoms with van der Waals surface area (Å²) in [6.07, 6.45) is 7.72. The first-order valence-corrected chi connectivity index (χ1v) is 6.08. The fourth-order valence-electron chi connectivity index (χ4n) is 3.33. The van der Waals surface area contributed by atoms with E-state index in [9.17, 15) is 4.79 Å². The van der Waals surface area contributed by atoms with Crippen LogP contribution in [0.3, 0.4) is 0 Å². The Balaban J connectivity index is 2.00. The number of hydrogen-bond donors (Lipinski definition) is 0. The van der Waals surface area contributed by atoms with Gasteiger partial charge in [0, 0.05) is 0 Å². The molecule has 88 valence electrons. The highest BCUT2D eigenvalue weighted by molar-refractivity contribution is 5.71. The van der Waals surface area contributed by atoms with Crippen molar-refractivity contribution in [2.45, 2.75) is 18.3 Å². The number of carbonyl (C=O) groups excluding carboxylic acids is 1. The van der Waals surface area contributed by atoms with Crippen LogP contribution in [0.5, 0.6) is 5.75 Å². The lowest BCUT2D eigenvalue weighted by molar-refractivity contribution is -0.113. The molecular formula is C15H16O2. The van der Waals surface area contributed by atoms with Crippen molar-refractivity contribution in [3.63, 3.8) is 0 Å². The van der Waals surface area contributed by atoms with Crippen molar-refractivity contribution in [2.75, 3.05) is 7.11 Å². The number of rotatable bonds is 3. The van der Waals surface area contributed by atoms with Crippen molar-refractivity contribution in [2.24, 2.45) is 11.8 Å². The highest BCUT2D eigenvalue weighted by atomic mass is 16.5. The zero-order valence-corrected chi connectivity index (χ0v) is 9.93. The van der Waals surface area contributed by atoms with Crippen molar-refractivity contribution >= 4 is 6.29 Å². The summed E-state index contributed by atoms with van der Waals surface area (Å²) in [6.45, 7) is 0. The number of fused-ring (bicyclic) bond motifs is 2. The maximum atomic E-state index is 11.6. The largest absolute Gasteiger partial charge is 0.497 e. The van der Waals surface area contributed by atoms with Gasteiger partial charge in [-0.15, -0.1) is 0 Å². The average Bonchev–Trinajstić information content (AvgIpc) is 2.99. The first-order valence-electron chi connectivity index (χ1n) is 6.08. The van der Waals surface area contributed by atoms with Gasteiger partial charge in [-0.25, -0.2) is 0 Å². The second-order valence-corrected chi connectivity index (χ2v) is 5.08. The van der Waals surface area contributed by atoms with E-state index in [-0.39, 0.29) is 5.41 Å². The first-order chi connectivity index (χ1) is 8.28. The SMILES string of the molecule is COc1ccc([C@]2(C=O)C[C@H]3C=C[C@@H]2C3)cc1. The molecule has 0 aliphatic heterocycles. The van der Waals surface area contributed by atoms with Crippen molar-refractivity contribution in [3.05, 3.63) is 42.0 Å². The van der Waals surface area contributed by atoms with E-state index in [1.165, 1.54) is 0 Å². The van der Waals surface area contributed by atoms with Crippen LogP contribution in [0.4, 0.5) is 0 Å². The van der Waals surface area contributed by atoms with Crippen LogP contribution in [0.15, 0.2) is 36.4 Å². The van der Waals surface area contributed by atoms with E-state index in [1.807, 2.05) is 24.3 Å². The van der Waals surface area contributed by atoms with Gasteiger partial charge in [0.05, 0.1) is 12.5 Å². The monoisotopic (exact) mass is 228 g/mol. The minimum atomic E-state index is -0.286. The molecule has 0 aromatic heterocycles. The van der Waals surface area contributed by atoms with Gasteiger partial charge in [-0.05, 0) is 42.4 Å². The number of hydrogen-bond acceptors (Lipinski definition) is 2. The van der Waals surface area contributed by atoms with E-state index in [1.54, 1.807) is 7.11 Å². The smallest absolute Gasteiger partial charge is 0.131 e. The predicted octanol–water partition coefficient (Wildman–Crippen LogP) is 2.73. The Labute approximate surface area is 101 Å². The maximum absolute atomic E-state index is 11.6. The summed E-state index contributed by atoms with van der Waals surface area (Å²) in [4.78, 5) is 11.6. The summed E-state index contributed by atoms with van der Waals surface area (Å²) in [7, 11) is 1.66. The third-order valence-electron chi connectivity index (χ3n) is 4.27. The Kier molecular flexibility index (Phi) is 2.32. The summed E-state index contributed by atoms with van der Waals surface area (Å²) in [5.41, 5.74) is 0.844. The summed E-state index contributed by atoms with van der Waals surface area (Å²) >= 11 is 0. The van der Waals surface area contributed by atoms with Crippen LogP contribution in [0.1, 0.15) is 18.4 Å². The fraction of sp³-hybridized carbons (Fsp3) is 0.400. The topological polar surface area (TPSA) is 26.3 Å². The van der Waals surface area contributed by atoms with Crippen molar-refractivity contribution in [1.29, 1.82) is 0 Å². The predicted molar refractivity (Wildman–Crippen MR) is 66.1 cm³/mol. The summed E-state index contributed by atoms with van der Waals surface area (Å²) < 4.78 is 5.16. The van der Waals surface area contributed by atoms with Gasteiger partial charge in [0.2, 0.25) is 0 Å². The minimum Gasteiger partial charge on any atom is -0.497 e. The van der Waals surface area contributed by atoms with E-state index in [0.29, 0.717) is 11.8 Å². The molecule has 0 spiro atoms. The van der Waals surface area contributed by atoms with Gasteiger partial charge < -0.3 is 9.53 Å². The fourth-order valence-corrected chi connectivity index (χ4v) is 3.33. The molecule has 2 bridgehead atoms. The van der Waals surface area contributed by atoms with Gasteiger partial charge in [0.25, 0.3) is 0 Å². The molecule has 2 aliphatic rings. The molecule has 1 fully saturated rings. The number of benzene rings is 1. The molecule has 2 nitrogen and oxygen atoms in total. The average molecular weight is 228 g/mol. The Bertz CT molecular complexity index is 460. The molecule has 0 amide bonds. The van der Waals surface area contributed by atoms with E-state index in [0.717, 1.165) is 30.4 Å². The molecule has 0 radical (unpaired) electrons. The molecule has 1 saturated carbocycles. The molecule has 3 rings (SSSR count). The lowest BCUT2D eigenvalue weighted by Crippen LogP contribution is -2.32. The van der Waals surface area contributed by atoms with Crippen LogP contribution in [0, 0.1) is 11.8 Å². The van der Waals surface area contributed by atoms with Gasteiger partial charge in [0.15, 0.2) is 0 Å². The third-order valence-corrected chi connectivity index (χ3v) is 4.27. The van der Waals surface area contributed by atoms with Crippen LogP contribution >= 0.6 is 0 Å². The molecule has 2 aliphatic carbocycles. The lowest BCUT2D eigenvalue weighted by Gasteiger charge is -2.30. The second-order valence-electron chi connectivity index (χ2n) is 5.08. The van der Waals surface area contributed by atoms with Crippen molar-refractivity contribution in [1.82, 2.24) is 0 Å². The maximum Gasteiger partial charge on any atom is 0.131 e. The van der Waals surface area contributed by atoms with E-state index in [2.05, 4.69) is 12.2 Å². The molecule has 17 heavy (non-hydrogen) atoms. The van der Waals surface area contributed by atoms with Gasteiger partial charge in [-0.3, -0.25) is 0 Å². The van der Waals surface area contributed by atoms with E-state index in [4.69, 9.17) is 4.74 Å². The molecule has 1 aromatic rings. The van der Waals surface area contributed by atoms with Crippen LogP contribution in [0.25, 0.3) is 0 Å². The Morgan fingerprint density at radius 3 is 2.53 bits per heavy atom. The van der Waals surface area contributed by atoms with Crippen LogP contribution in [-0.2, 0) is 10.2 Å². The normalized spacial score (nSPS) is 33.9. The molecule has 0 unspecified atom stereocenters. The molecule has 0 heterocycles. The zero-order chi connectivity index (χ0) is 11.9.